The zero-order chi connectivity index (χ0) is 14.3. The molecule has 0 aromatic heterocycles. The monoisotopic (exact) mass is 262 g/mol. The Morgan fingerprint density at radius 3 is 2.32 bits per heavy atom. The van der Waals surface area contributed by atoms with Crippen LogP contribution in [0.4, 0.5) is 0 Å². The molecule has 3 heteroatoms. The van der Waals surface area contributed by atoms with Crippen molar-refractivity contribution in [3.63, 3.8) is 0 Å². The molecule has 0 fully saturated rings. The number of rotatable bonds is 7. The summed E-state index contributed by atoms with van der Waals surface area (Å²) in [5, 5.41) is 3.26. The lowest BCUT2D eigenvalue weighted by Gasteiger charge is -2.18. The van der Waals surface area contributed by atoms with Crippen LogP contribution in [-0.2, 0) is 17.8 Å². The first-order valence-electron chi connectivity index (χ1n) is 7.08. The summed E-state index contributed by atoms with van der Waals surface area (Å²) in [6, 6.07) is 8.91. The number of aryl methyl sites for hydroxylation is 1. The zero-order valence-electron chi connectivity index (χ0n) is 12.6. The summed E-state index contributed by atoms with van der Waals surface area (Å²) in [6.45, 7) is 7.75. The quantitative estimate of drug-likeness (QED) is 0.819. The highest BCUT2D eigenvalue weighted by atomic mass is 16.2. The first-order chi connectivity index (χ1) is 9.02. The molecule has 1 aromatic carbocycles. The van der Waals surface area contributed by atoms with E-state index in [-0.39, 0.29) is 5.91 Å². The van der Waals surface area contributed by atoms with E-state index in [0.29, 0.717) is 19.0 Å². The Labute approximate surface area is 117 Å². The van der Waals surface area contributed by atoms with Crippen LogP contribution in [-0.4, -0.2) is 30.4 Å². The minimum atomic E-state index is 0.188. The highest BCUT2D eigenvalue weighted by molar-refractivity contribution is 5.76. The summed E-state index contributed by atoms with van der Waals surface area (Å²) in [5.41, 5.74) is 2.52. The topological polar surface area (TPSA) is 32.3 Å². The van der Waals surface area contributed by atoms with E-state index in [1.165, 1.54) is 11.1 Å². The van der Waals surface area contributed by atoms with Crippen LogP contribution in [0, 0.1) is 0 Å². The molecular formula is C16H26N2O. The van der Waals surface area contributed by atoms with Crippen LogP contribution in [0.25, 0.3) is 0 Å². The van der Waals surface area contributed by atoms with Crippen LogP contribution in [0.5, 0.6) is 0 Å². The van der Waals surface area contributed by atoms with E-state index < -0.39 is 0 Å². The summed E-state index contributed by atoms with van der Waals surface area (Å²) in [4.78, 5) is 13.7. The smallest absolute Gasteiger partial charge is 0.223 e. The minimum Gasteiger partial charge on any atom is -0.341 e. The molecule has 3 nitrogen and oxygen atoms in total. The van der Waals surface area contributed by atoms with Gasteiger partial charge in [0.25, 0.3) is 0 Å². The SMILES string of the molecule is CCc1ccc(CN(C)C(=O)CCNC(C)C)cc1. The molecule has 0 unspecified atom stereocenters. The second-order valence-corrected chi connectivity index (χ2v) is 5.28. The van der Waals surface area contributed by atoms with Crippen molar-refractivity contribution >= 4 is 5.91 Å². The second kappa shape index (κ2) is 7.95. The number of hydrogen-bond donors (Lipinski definition) is 1. The van der Waals surface area contributed by atoms with Crippen molar-refractivity contribution in [2.24, 2.45) is 0 Å². The van der Waals surface area contributed by atoms with E-state index in [1.807, 2.05) is 7.05 Å². The fourth-order valence-electron chi connectivity index (χ4n) is 1.90. The third-order valence-corrected chi connectivity index (χ3v) is 3.17. The van der Waals surface area contributed by atoms with E-state index in [2.05, 4.69) is 50.4 Å². The standard InChI is InChI=1S/C16H26N2O/c1-5-14-6-8-15(9-7-14)12-18(4)16(19)10-11-17-13(2)3/h6-9,13,17H,5,10-12H2,1-4H3. The number of carbonyl (C=O) groups is 1. The normalized spacial score (nSPS) is 10.8. The molecule has 0 spiro atoms. The van der Waals surface area contributed by atoms with Crippen molar-refractivity contribution < 1.29 is 4.79 Å². The van der Waals surface area contributed by atoms with Crippen LogP contribution in [0.2, 0.25) is 0 Å². The van der Waals surface area contributed by atoms with Crippen LogP contribution in [0.1, 0.15) is 38.3 Å². The zero-order valence-corrected chi connectivity index (χ0v) is 12.6. The molecule has 0 aliphatic rings. The highest BCUT2D eigenvalue weighted by Crippen LogP contribution is 2.08. The molecule has 0 aliphatic carbocycles. The number of carbonyl (C=O) groups excluding carboxylic acids is 1. The van der Waals surface area contributed by atoms with Gasteiger partial charge in [-0.2, -0.15) is 0 Å². The maximum Gasteiger partial charge on any atom is 0.223 e. The molecule has 1 aromatic rings. The molecule has 106 valence electrons. The summed E-state index contributed by atoms with van der Waals surface area (Å²) in [6.07, 6.45) is 1.61. The van der Waals surface area contributed by atoms with E-state index in [1.54, 1.807) is 4.90 Å². The first kappa shape index (κ1) is 15.7. The number of nitrogens with zero attached hydrogens (tertiary/aromatic N) is 1. The third kappa shape index (κ3) is 5.88. The summed E-state index contributed by atoms with van der Waals surface area (Å²) < 4.78 is 0. The van der Waals surface area contributed by atoms with Gasteiger partial charge in [0.1, 0.15) is 0 Å². The molecule has 0 saturated carbocycles. The molecule has 1 rings (SSSR count). The Morgan fingerprint density at radius 1 is 1.21 bits per heavy atom. The van der Waals surface area contributed by atoms with E-state index in [0.717, 1.165) is 13.0 Å². The molecular weight excluding hydrogens is 236 g/mol. The van der Waals surface area contributed by atoms with Gasteiger partial charge in [-0.3, -0.25) is 4.79 Å². The Hall–Kier alpha value is -1.35. The van der Waals surface area contributed by atoms with E-state index in [9.17, 15) is 4.79 Å². The molecule has 0 aliphatic heterocycles. The summed E-state index contributed by atoms with van der Waals surface area (Å²) >= 11 is 0. The number of amides is 1. The van der Waals surface area contributed by atoms with Crippen molar-refractivity contribution in [3.05, 3.63) is 35.4 Å². The van der Waals surface area contributed by atoms with Crippen LogP contribution < -0.4 is 5.32 Å². The van der Waals surface area contributed by atoms with Crippen molar-refractivity contribution in [2.75, 3.05) is 13.6 Å². The predicted octanol–water partition coefficient (Wildman–Crippen LogP) is 2.60. The Kier molecular flexibility index (Phi) is 6.57. The van der Waals surface area contributed by atoms with Crippen LogP contribution in [0.3, 0.4) is 0 Å². The average Bonchev–Trinajstić information content (AvgIpc) is 2.39. The van der Waals surface area contributed by atoms with Crippen molar-refractivity contribution in [1.29, 1.82) is 0 Å². The van der Waals surface area contributed by atoms with Gasteiger partial charge in [-0.15, -0.1) is 0 Å². The largest absolute Gasteiger partial charge is 0.341 e. The molecule has 19 heavy (non-hydrogen) atoms. The lowest BCUT2D eigenvalue weighted by atomic mass is 10.1. The van der Waals surface area contributed by atoms with Crippen LogP contribution in [0.15, 0.2) is 24.3 Å². The lowest BCUT2D eigenvalue weighted by molar-refractivity contribution is -0.130. The fourth-order valence-corrected chi connectivity index (χ4v) is 1.90. The molecule has 0 bridgehead atoms. The average molecular weight is 262 g/mol. The number of nitrogens with one attached hydrogen (secondary N) is 1. The molecule has 1 N–H and O–H groups in total. The Morgan fingerprint density at radius 2 is 1.79 bits per heavy atom. The molecule has 0 heterocycles. The van der Waals surface area contributed by atoms with Crippen molar-refractivity contribution in [1.82, 2.24) is 10.2 Å². The van der Waals surface area contributed by atoms with E-state index >= 15 is 0 Å². The second-order valence-electron chi connectivity index (χ2n) is 5.28. The predicted molar refractivity (Wildman–Crippen MR) is 80.0 cm³/mol. The van der Waals surface area contributed by atoms with Gasteiger partial charge in [0, 0.05) is 32.6 Å². The number of benzene rings is 1. The molecule has 0 atom stereocenters. The van der Waals surface area contributed by atoms with Crippen molar-refractivity contribution in [2.45, 2.75) is 46.2 Å². The van der Waals surface area contributed by atoms with Gasteiger partial charge in [0.05, 0.1) is 0 Å². The maximum absolute atomic E-state index is 11.9. The summed E-state index contributed by atoms with van der Waals surface area (Å²) in [7, 11) is 1.87. The third-order valence-electron chi connectivity index (χ3n) is 3.17. The minimum absolute atomic E-state index is 0.188. The maximum atomic E-state index is 11.9. The molecule has 1 amide bonds. The summed E-state index contributed by atoms with van der Waals surface area (Å²) in [5.74, 6) is 0.188. The Balaban J connectivity index is 2.40. The van der Waals surface area contributed by atoms with E-state index in [4.69, 9.17) is 0 Å². The van der Waals surface area contributed by atoms with Gasteiger partial charge in [-0.1, -0.05) is 45.0 Å². The lowest BCUT2D eigenvalue weighted by Crippen LogP contribution is -2.31. The van der Waals surface area contributed by atoms with Gasteiger partial charge in [0.15, 0.2) is 0 Å². The fraction of sp³-hybridized carbons (Fsp3) is 0.562. The number of hydrogen-bond acceptors (Lipinski definition) is 2. The molecule has 0 radical (unpaired) electrons. The molecule has 0 saturated heterocycles. The van der Waals surface area contributed by atoms with Crippen molar-refractivity contribution in [3.8, 4) is 0 Å². The van der Waals surface area contributed by atoms with Gasteiger partial charge < -0.3 is 10.2 Å². The van der Waals surface area contributed by atoms with Gasteiger partial charge >= 0.3 is 0 Å². The van der Waals surface area contributed by atoms with Gasteiger partial charge in [0.2, 0.25) is 5.91 Å². The first-order valence-corrected chi connectivity index (χ1v) is 7.08. The van der Waals surface area contributed by atoms with Gasteiger partial charge in [-0.25, -0.2) is 0 Å². The Bertz CT molecular complexity index is 384. The van der Waals surface area contributed by atoms with Crippen LogP contribution >= 0.6 is 0 Å². The van der Waals surface area contributed by atoms with Gasteiger partial charge in [-0.05, 0) is 17.5 Å². The highest BCUT2D eigenvalue weighted by Gasteiger charge is 2.09.